The number of alkyl halides is 3. The molecule has 0 amide bonds. The van der Waals surface area contributed by atoms with Crippen LogP contribution in [0.15, 0.2) is 0 Å². The van der Waals surface area contributed by atoms with Crippen LogP contribution in [0.25, 0.3) is 0 Å². The van der Waals surface area contributed by atoms with Crippen LogP contribution in [-0.4, -0.2) is 19.3 Å². The van der Waals surface area contributed by atoms with E-state index in [1.54, 1.807) is 6.92 Å². The second-order valence-electron chi connectivity index (χ2n) is 1.65. The molecule has 4 heteroatoms. The van der Waals surface area contributed by atoms with E-state index in [2.05, 4.69) is 17.2 Å². The molecule has 0 aromatic rings. The van der Waals surface area contributed by atoms with Crippen molar-refractivity contribution in [3.8, 4) is 11.8 Å². The molecule has 0 aliphatic rings. The lowest BCUT2D eigenvalue weighted by Crippen LogP contribution is -2.28. The molecule has 10 heavy (non-hydrogen) atoms. The van der Waals surface area contributed by atoms with Gasteiger partial charge in [-0.3, -0.25) is 5.32 Å². The van der Waals surface area contributed by atoms with E-state index in [0.29, 0.717) is 0 Å². The van der Waals surface area contributed by atoms with E-state index >= 15 is 0 Å². The van der Waals surface area contributed by atoms with E-state index in [0.717, 1.165) is 0 Å². The molecule has 0 aliphatic carbocycles. The number of hydrogen-bond donors (Lipinski definition) is 1. The maximum absolute atomic E-state index is 11.4. The summed E-state index contributed by atoms with van der Waals surface area (Å²) in [7, 11) is 0. The van der Waals surface area contributed by atoms with Gasteiger partial charge in [0.05, 0.1) is 13.1 Å². The van der Waals surface area contributed by atoms with Gasteiger partial charge in [0, 0.05) is 0 Å². The first-order chi connectivity index (χ1) is 4.56. The summed E-state index contributed by atoms with van der Waals surface area (Å²) < 4.78 is 34.1. The van der Waals surface area contributed by atoms with Crippen molar-refractivity contribution in [2.24, 2.45) is 0 Å². The molecular formula is C6H8F3N. The third-order valence-electron chi connectivity index (χ3n) is 0.716. The molecule has 0 heterocycles. The van der Waals surface area contributed by atoms with Crippen molar-refractivity contribution in [3.63, 3.8) is 0 Å². The number of rotatable bonds is 2. The smallest absolute Gasteiger partial charge is 0.298 e. The van der Waals surface area contributed by atoms with Gasteiger partial charge in [0.2, 0.25) is 0 Å². The first kappa shape index (κ1) is 9.31. The Morgan fingerprint density at radius 2 is 2.00 bits per heavy atom. The highest BCUT2D eigenvalue weighted by Crippen LogP contribution is 2.11. The normalized spacial score (nSPS) is 10.4. The zero-order valence-electron chi connectivity index (χ0n) is 5.55. The number of nitrogens with one attached hydrogen (secondary N) is 1. The molecular weight excluding hydrogens is 143 g/mol. The van der Waals surface area contributed by atoms with Crippen molar-refractivity contribution in [1.29, 1.82) is 0 Å². The molecule has 0 unspecified atom stereocenters. The number of halogens is 3. The molecule has 58 valence electrons. The Morgan fingerprint density at radius 1 is 1.40 bits per heavy atom. The van der Waals surface area contributed by atoms with Crippen LogP contribution in [0.3, 0.4) is 0 Å². The van der Waals surface area contributed by atoms with Gasteiger partial charge in [-0.15, -0.1) is 5.92 Å². The SMILES string of the molecule is CC#CCNCC(F)(F)F. The lowest BCUT2D eigenvalue weighted by molar-refractivity contribution is -0.124. The van der Waals surface area contributed by atoms with Gasteiger partial charge in [-0.25, -0.2) is 0 Å². The molecule has 0 rings (SSSR count). The van der Waals surface area contributed by atoms with Gasteiger partial charge >= 0.3 is 6.18 Å². The van der Waals surface area contributed by atoms with Gasteiger partial charge in [0.15, 0.2) is 0 Å². The van der Waals surface area contributed by atoms with Crippen LogP contribution < -0.4 is 5.32 Å². The van der Waals surface area contributed by atoms with Crippen LogP contribution in [-0.2, 0) is 0 Å². The van der Waals surface area contributed by atoms with Gasteiger partial charge < -0.3 is 0 Å². The summed E-state index contributed by atoms with van der Waals surface area (Å²) in [6, 6.07) is 0. The van der Waals surface area contributed by atoms with Crippen LogP contribution in [0.5, 0.6) is 0 Å². The molecule has 0 radical (unpaired) electrons. The van der Waals surface area contributed by atoms with Crippen molar-refractivity contribution in [2.75, 3.05) is 13.1 Å². The minimum Gasteiger partial charge on any atom is -0.298 e. The third-order valence-corrected chi connectivity index (χ3v) is 0.716. The Balaban J connectivity index is 3.26. The first-order valence-electron chi connectivity index (χ1n) is 2.73. The van der Waals surface area contributed by atoms with E-state index < -0.39 is 12.7 Å². The van der Waals surface area contributed by atoms with Gasteiger partial charge in [-0.05, 0) is 6.92 Å². The molecule has 0 aliphatic heterocycles. The predicted octanol–water partition coefficient (Wildman–Crippen LogP) is 1.16. The van der Waals surface area contributed by atoms with E-state index in [1.165, 1.54) is 0 Å². The monoisotopic (exact) mass is 151 g/mol. The highest BCUT2D eigenvalue weighted by atomic mass is 19.4. The zero-order valence-corrected chi connectivity index (χ0v) is 5.55. The van der Waals surface area contributed by atoms with E-state index in [-0.39, 0.29) is 6.54 Å². The lowest BCUT2D eigenvalue weighted by Gasteiger charge is -2.04. The first-order valence-corrected chi connectivity index (χ1v) is 2.73. The second kappa shape index (κ2) is 4.18. The van der Waals surface area contributed by atoms with Crippen molar-refractivity contribution in [3.05, 3.63) is 0 Å². The van der Waals surface area contributed by atoms with Gasteiger partial charge in [-0.2, -0.15) is 13.2 Å². The summed E-state index contributed by atoms with van der Waals surface area (Å²) in [6.07, 6.45) is -4.13. The second-order valence-corrected chi connectivity index (χ2v) is 1.65. The summed E-state index contributed by atoms with van der Waals surface area (Å²) in [5.41, 5.74) is 0. The summed E-state index contributed by atoms with van der Waals surface area (Å²) in [5, 5.41) is 2.13. The zero-order chi connectivity index (χ0) is 8.04. The largest absolute Gasteiger partial charge is 0.401 e. The summed E-state index contributed by atoms with van der Waals surface area (Å²) in [4.78, 5) is 0. The van der Waals surface area contributed by atoms with E-state index in [1.807, 2.05) is 0 Å². The highest BCUT2D eigenvalue weighted by Gasteiger charge is 2.25. The van der Waals surface area contributed by atoms with Crippen molar-refractivity contribution in [1.82, 2.24) is 5.32 Å². The lowest BCUT2D eigenvalue weighted by atomic mass is 10.5. The molecule has 1 nitrogen and oxygen atoms in total. The van der Waals surface area contributed by atoms with Gasteiger partial charge in [0.1, 0.15) is 0 Å². The topological polar surface area (TPSA) is 12.0 Å². The van der Waals surface area contributed by atoms with Crippen LogP contribution >= 0.6 is 0 Å². The molecule has 0 fully saturated rings. The predicted molar refractivity (Wildman–Crippen MR) is 32.4 cm³/mol. The fourth-order valence-corrected chi connectivity index (χ4v) is 0.355. The van der Waals surface area contributed by atoms with Gasteiger partial charge in [-0.1, -0.05) is 5.92 Å². The Kier molecular flexibility index (Phi) is 3.89. The third kappa shape index (κ3) is 7.31. The summed E-state index contributed by atoms with van der Waals surface area (Å²) >= 11 is 0. The molecule has 0 aromatic heterocycles. The van der Waals surface area contributed by atoms with Crippen molar-refractivity contribution < 1.29 is 13.2 Å². The minimum atomic E-state index is -4.13. The van der Waals surface area contributed by atoms with Crippen LogP contribution in [0, 0.1) is 11.8 Å². The Bertz CT molecular complexity index is 139. The fraction of sp³-hybridized carbons (Fsp3) is 0.667. The molecule has 0 bridgehead atoms. The summed E-state index contributed by atoms with van der Waals surface area (Å²) in [5.74, 6) is 4.93. The number of hydrogen-bond acceptors (Lipinski definition) is 1. The average Bonchev–Trinajstić information content (AvgIpc) is 1.78. The van der Waals surface area contributed by atoms with Crippen LogP contribution in [0.2, 0.25) is 0 Å². The molecule has 0 saturated carbocycles. The quantitative estimate of drug-likeness (QED) is 0.461. The molecule has 0 aromatic carbocycles. The van der Waals surface area contributed by atoms with Crippen LogP contribution in [0.4, 0.5) is 13.2 Å². The molecule has 1 N–H and O–H groups in total. The van der Waals surface area contributed by atoms with E-state index in [9.17, 15) is 13.2 Å². The highest BCUT2D eigenvalue weighted by molar-refractivity contribution is 4.96. The molecule has 0 saturated heterocycles. The fourth-order valence-electron chi connectivity index (χ4n) is 0.355. The standard InChI is InChI=1S/C6H8F3N/c1-2-3-4-10-5-6(7,8)9/h10H,4-5H2,1H3. The van der Waals surface area contributed by atoms with Crippen molar-refractivity contribution in [2.45, 2.75) is 13.1 Å². The van der Waals surface area contributed by atoms with E-state index in [4.69, 9.17) is 0 Å². The maximum Gasteiger partial charge on any atom is 0.401 e. The summed E-state index contributed by atoms with van der Waals surface area (Å²) in [6.45, 7) is 0.701. The van der Waals surface area contributed by atoms with Crippen LogP contribution in [0.1, 0.15) is 6.92 Å². The molecule has 0 atom stereocenters. The maximum atomic E-state index is 11.4. The minimum absolute atomic E-state index is 0.0933. The Hall–Kier alpha value is -0.690. The molecule has 0 spiro atoms. The Morgan fingerprint density at radius 3 is 2.40 bits per heavy atom. The van der Waals surface area contributed by atoms with Crippen molar-refractivity contribution >= 4 is 0 Å². The van der Waals surface area contributed by atoms with Gasteiger partial charge in [0.25, 0.3) is 0 Å². The Labute approximate surface area is 57.6 Å². The average molecular weight is 151 g/mol.